The number of nitriles is 1. The molecule has 2 aromatic carbocycles. The summed E-state index contributed by atoms with van der Waals surface area (Å²) in [6, 6.07) is 7.87. The molecule has 0 unspecified atom stereocenters. The van der Waals surface area contributed by atoms with Crippen LogP contribution in [0.2, 0.25) is 0 Å². The number of halogens is 3. The maximum atomic E-state index is 13.0. The Labute approximate surface area is 130 Å². The van der Waals surface area contributed by atoms with Crippen molar-refractivity contribution in [1.82, 2.24) is 0 Å². The Balaban J connectivity index is 2.75. The third-order valence-electron chi connectivity index (χ3n) is 3.21. The van der Waals surface area contributed by atoms with Crippen LogP contribution in [0.15, 0.2) is 30.3 Å². The van der Waals surface area contributed by atoms with Gasteiger partial charge >= 0.3 is 6.18 Å². The summed E-state index contributed by atoms with van der Waals surface area (Å²) in [7, 11) is 2.79. The van der Waals surface area contributed by atoms with E-state index in [9.17, 15) is 18.3 Å². The molecule has 2 aromatic rings. The van der Waals surface area contributed by atoms with Gasteiger partial charge in [0.1, 0.15) is 17.2 Å². The molecule has 0 amide bonds. The van der Waals surface area contributed by atoms with E-state index in [2.05, 4.69) is 0 Å². The van der Waals surface area contributed by atoms with E-state index in [1.54, 1.807) is 12.1 Å². The van der Waals surface area contributed by atoms with Gasteiger partial charge in [0, 0.05) is 11.6 Å². The lowest BCUT2D eigenvalue weighted by molar-refractivity contribution is -0.138. The van der Waals surface area contributed by atoms with Crippen LogP contribution in [0.3, 0.4) is 0 Å². The average Bonchev–Trinajstić information content (AvgIpc) is 2.53. The molecule has 0 saturated carbocycles. The molecule has 0 saturated heterocycles. The minimum atomic E-state index is -4.78. The van der Waals surface area contributed by atoms with E-state index < -0.39 is 17.5 Å². The van der Waals surface area contributed by atoms with Gasteiger partial charge in [0.15, 0.2) is 0 Å². The van der Waals surface area contributed by atoms with Crippen molar-refractivity contribution in [3.8, 4) is 34.4 Å². The number of phenolic OH excluding ortho intramolecular Hbond substituents is 1. The quantitative estimate of drug-likeness (QED) is 0.928. The first-order chi connectivity index (χ1) is 10.8. The summed E-state index contributed by atoms with van der Waals surface area (Å²) in [5.41, 5.74) is -1.38. The molecular weight excluding hydrogens is 311 g/mol. The van der Waals surface area contributed by atoms with Gasteiger partial charge in [0.2, 0.25) is 0 Å². The fourth-order valence-electron chi connectivity index (χ4n) is 2.10. The van der Waals surface area contributed by atoms with Gasteiger partial charge in [-0.15, -0.1) is 0 Å². The molecule has 4 nitrogen and oxygen atoms in total. The first kappa shape index (κ1) is 16.5. The minimum absolute atomic E-state index is 0.131. The standard InChI is InChI=1S/C16H12F3NO3/c1-22-11-5-10(6-12(7-11)23-2)13-3-9(8-20)4-14(15(13)21)16(17,18)19/h3-7,21H,1-2H3. The number of nitrogens with zero attached hydrogens (tertiary/aromatic N) is 1. The van der Waals surface area contributed by atoms with Crippen LogP contribution in [-0.2, 0) is 6.18 Å². The normalized spacial score (nSPS) is 11.0. The van der Waals surface area contributed by atoms with Gasteiger partial charge in [0.25, 0.3) is 0 Å². The summed E-state index contributed by atoms with van der Waals surface area (Å²) < 4.78 is 49.2. The number of ether oxygens (including phenoxy) is 2. The van der Waals surface area contributed by atoms with Gasteiger partial charge < -0.3 is 14.6 Å². The van der Waals surface area contributed by atoms with Crippen LogP contribution >= 0.6 is 0 Å². The number of alkyl halides is 3. The molecule has 0 aliphatic heterocycles. The zero-order valence-electron chi connectivity index (χ0n) is 12.2. The molecule has 0 heterocycles. The maximum absolute atomic E-state index is 13.0. The highest BCUT2D eigenvalue weighted by atomic mass is 19.4. The molecule has 0 fully saturated rings. The molecular formula is C16H12F3NO3. The van der Waals surface area contributed by atoms with Gasteiger partial charge in [0.05, 0.1) is 31.4 Å². The van der Waals surface area contributed by atoms with Crippen LogP contribution in [0.5, 0.6) is 17.2 Å². The Morgan fingerprint density at radius 3 is 2.00 bits per heavy atom. The van der Waals surface area contributed by atoms with Crippen molar-refractivity contribution >= 4 is 0 Å². The highest BCUT2D eigenvalue weighted by Crippen LogP contribution is 2.43. The van der Waals surface area contributed by atoms with Gasteiger partial charge in [-0.25, -0.2) is 0 Å². The van der Waals surface area contributed by atoms with Crippen molar-refractivity contribution in [2.24, 2.45) is 0 Å². The molecule has 23 heavy (non-hydrogen) atoms. The zero-order valence-corrected chi connectivity index (χ0v) is 12.2. The van der Waals surface area contributed by atoms with Crippen LogP contribution in [0.4, 0.5) is 13.2 Å². The smallest absolute Gasteiger partial charge is 0.420 e. The SMILES string of the molecule is COc1cc(OC)cc(-c2cc(C#N)cc(C(F)(F)F)c2O)c1. The summed E-state index contributed by atoms with van der Waals surface area (Å²) in [6.45, 7) is 0. The summed E-state index contributed by atoms with van der Waals surface area (Å²) >= 11 is 0. The Morgan fingerprint density at radius 1 is 1.00 bits per heavy atom. The van der Waals surface area contributed by atoms with Crippen LogP contribution in [-0.4, -0.2) is 19.3 Å². The number of hydrogen-bond donors (Lipinski definition) is 1. The van der Waals surface area contributed by atoms with Crippen LogP contribution in [0, 0.1) is 11.3 Å². The number of hydrogen-bond acceptors (Lipinski definition) is 4. The molecule has 0 radical (unpaired) electrons. The summed E-state index contributed by atoms with van der Waals surface area (Å²) in [4.78, 5) is 0. The van der Waals surface area contributed by atoms with E-state index in [1.807, 2.05) is 0 Å². The van der Waals surface area contributed by atoms with E-state index in [1.165, 1.54) is 32.4 Å². The second-order valence-corrected chi connectivity index (χ2v) is 4.63. The minimum Gasteiger partial charge on any atom is -0.507 e. The van der Waals surface area contributed by atoms with Crippen LogP contribution in [0.1, 0.15) is 11.1 Å². The highest BCUT2D eigenvalue weighted by molar-refractivity contribution is 5.76. The highest BCUT2D eigenvalue weighted by Gasteiger charge is 2.35. The molecule has 0 atom stereocenters. The molecule has 0 aromatic heterocycles. The van der Waals surface area contributed by atoms with Crippen molar-refractivity contribution in [2.75, 3.05) is 14.2 Å². The number of phenols is 1. The van der Waals surface area contributed by atoms with E-state index in [-0.39, 0.29) is 16.7 Å². The van der Waals surface area contributed by atoms with E-state index in [4.69, 9.17) is 14.7 Å². The summed E-state index contributed by atoms with van der Waals surface area (Å²) in [6.07, 6.45) is -4.78. The number of methoxy groups -OCH3 is 2. The summed E-state index contributed by atoms with van der Waals surface area (Å²) in [5.74, 6) is -0.267. The predicted molar refractivity (Wildman–Crippen MR) is 76.4 cm³/mol. The maximum Gasteiger partial charge on any atom is 0.420 e. The Bertz CT molecular complexity index is 757. The lowest BCUT2D eigenvalue weighted by Gasteiger charge is -2.15. The number of aromatic hydroxyl groups is 1. The van der Waals surface area contributed by atoms with Crippen molar-refractivity contribution < 1.29 is 27.8 Å². The molecule has 0 bridgehead atoms. The van der Waals surface area contributed by atoms with Crippen molar-refractivity contribution in [2.45, 2.75) is 6.18 Å². The van der Waals surface area contributed by atoms with Gasteiger partial charge in [-0.1, -0.05) is 0 Å². The third kappa shape index (κ3) is 3.31. The van der Waals surface area contributed by atoms with Crippen molar-refractivity contribution in [3.05, 3.63) is 41.5 Å². The fourth-order valence-corrected chi connectivity index (χ4v) is 2.10. The summed E-state index contributed by atoms with van der Waals surface area (Å²) in [5, 5.41) is 19.0. The topological polar surface area (TPSA) is 62.5 Å². The Hall–Kier alpha value is -2.88. The second-order valence-electron chi connectivity index (χ2n) is 4.63. The number of rotatable bonds is 3. The molecule has 1 N–H and O–H groups in total. The first-order valence-corrected chi connectivity index (χ1v) is 6.38. The van der Waals surface area contributed by atoms with Crippen molar-refractivity contribution in [1.29, 1.82) is 5.26 Å². The lowest BCUT2D eigenvalue weighted by Crippen LogP contribution is -2.06. The second kappa shape index (κ2) is 6.08. The Morgan fingerprint density at radius 2 is 1.57 bits per heavy atom. The number of benzene rings is 2. The molecule has 0 aliphatic carbocycles. The predicted octanol–water partition coefficient (Wildman–Crippen LogP) is 3.97. The van der Waals surface area contributed by atoms with E-state index in [0.717, 1.165) is 0 Å². The van der Waals surface area contributed by atoms with Crippen LogP contribution in [0.25, 0.3) is 11.1 Å². The van der Waals surface area contributed by atoms with E-state index in [0.29, 0.717) is 17.6 Å². The monoisotopic (exact) mass is 323 g/mol. The van der Waals surface area contributed by atoms with Gasteiger partial charge in [-0.3, -0.25) is 0 Å². The molecule has 0 spiro atoms. The fraction of sp³-hybridized carbons (Fsp3) is 0.188. The molecule has 7 heteroatoms. The van der Waals surface area contributed by atoms with Gasteiger partial charge in [-0.2, -0.15) is 18.4 Å². The first-order valence-electron chi connectivity index (χ1n) is 6.38. The largest absolute Gasteiger partial charge is 0.507 e. The molecule has 2 rings (SSSR count). The lowest BCUT2D eigenvalue weighted by atomic mass is 9.97. The Kier molecular flexibility index (Phi) is 4.36. The molecule has 0 aliphatic rings. The van der Waals surface area contributed by atoms with Crippen LogP contribution < -0.4 is 9.47 Å². The van der Waals surface area contributed by atoms with Gasteiger partial charge in [-0.05, 0) is 29.8 Å². The average molecular weight is 323 g/mol. The zero-order chi connectivity index (χ0) is 17.2. The molecule has 120 valence electrons. The third-order valence-corrected chi connectivity index (χ3v) is 3.21. The van der Waals surface area contributed by atoms with E-state index >= 15 is 0 Å². The van der Waals surface area contributed by atoms with Crippen molar-refractivity contribution in [3.63, 3.8) is 0 Å².